The second kappa shape index (κ2) is 5.10. The summed E-state index contributed by atoms with van der Waals surface area (Å²) in [5.41, 5.74) is 0.684. The van der Waals surface area contributed by atoms with Crippen LogP contribution in [0.15, 0.2) is 40.6 Å². The van der Waals surface area contributed by atoms with E-state index in [2.05, 4.69) is 9.71 Å². The Morgan fingerprint density at radius 1 is 1.24 bits per heavy atom. The van der Waals surface area contributed by atoms with E-state index in [1.54, 1.807) is 6.07 Å². The van der Waals surface area contributed by atoms with Gasteiger partial charge in [0.25, 0.3) is 10.0 Å². The number of aromatic nitrogens is 1. The van der Waals surface area contributed by atoms with Gasteiger partial charge in [-0.3, -0.25) is 4.72 Å². The summed E-state index contributed by atoms with van der Waals surface area (Å²) < 4.78 is 27.7. The minimum Gasteiger partial charge on any atom is -0.477 e. The highest BCUT2D eigenvalue weighted by molar-refractivity contribution is 7.93. The van der Waals surface area contributed by atoms with E-state index in [1.165, 1.54) is 22.8 Å². The average molecular weight is 340 g/mol. The number of carbonyl (C=O) groups is 1. The Bertz CT molecular complexity index is 894. The normalized spacial score (nSPS) is 11.6. The third-order valence-electron chi connectivity index (χ3n) is 2.63. The molecule has 3 rings (SSSR count). The molecule has 21 heavy (non-hydrogen) atoms. The molecule has 2 heterocycles. The first-order chi connectivity index (χ1) is 9.97. The lowest BCUT2D eigenvalue weighted by Crippen LogP contribution is -2.14. The van der Waals surface area contributed by atoms with E-state index in [0.29, 0.717) is 5.52 Å². The number of thiazole rings is 1. The van der Waals surface area contributed by atoms with Crippen LogP contribution in [0, 0.1) is 0 Å². The van der Waals surface area contributed by atoms with E-state index in [1.807, 2.05) is 18.2 Å². The van der Waals surface area contributed by atoms with E-state index >= 15 is 0 Å². The maximum absolute atomic E-state index is 12.3. The van der Waals surface area contributed by atoms with Gasteiger partial charge < -0.3 is 5.11 Å². The highest BCUT2D eigenvalue weighted by atomic mass is 32.2. The van der Waals surface area contributed by atoms with Crippen molar-refractivity contribution in [1.29, 1.82) is 0 Å². The first-order valence-electron chi connectivity index (χ1n) is 5.66. The molecule has 108 valence electrons. The molecule has 0 fully saturated rings. The number of sulfonamides is 1. The zero-order valence-corrected chi connectivity index (χ0v) is 12.8. The van der Waals surface area contributed by atoms with Crippen molar-refractivity contribution in [3.63, 3.8) is 0 Å². The lowest BCUT2D eigenvalue weighted by Gasteiger charge is -2.03. The Morgan fingerprint density at radius 3 is 2.71 bits per heavy atom. The molecule has 0 aliphatic heterocycles. The van der Waals surface area contributed by atoms with E-state index in [9.17, 15) is 13.2 Å². The zero-order valence-electron chi connectivity index (χ0n) is 10.3. The maximum atomic E-state index is 12.3. The van der Waals surface area contributed by atoms with Crippen LogP contribution in [0.3, 0.4) is 0 Å². The van der Waals surface area contributed by atoms with Gasteiger partial charge >= 0.3 is 5.97 Å². The minimum absolute atomic E-state index is 0.207. The van der Waals surface area contributed by atoms with Gasteiger partial charge in [-0.2, -0.15) is 0 Å². The SMILES string of the molecule is O=C(O)c1sccc1S(=O)(=O)Nc1nc2ccccc2s1. The van der Waals surface area contributed by atoms with Crippen LogP contribution in [0.1, 0.15) is 9.67 Å². The number of hydrogen-bond acceptors (Lipinski definition) is 6. The molecular formula is C12H8N2O4S3. The Balaban J connectivity index is 1.99. The zero-order chi connectivity index (χ0) is 15.0. The van der Waals surface area contributed by atoms with Crippen molar-refractivity contribution in [1.82, 2.24) is 4.98 Å². The fraction of sp³-hybridized carbons (Fsp3) is 0. The summed E-state index contributed by atoms with van der Waals surface area (Å²) in [7, 11) is -3.97. The van der Waals surface area contributed by atoms with Gasteiger partial charge in [0, 0.05) is 0 Å². The molecule has 6 nitrogen and oxygen atoms in total. The third-order valence-corrected chi connectivity index (χ3v) is 6.12. The lowest BCUT2D eigenvalue weighted by molar-refractivity contribution is 0.0698. The summed E-state index contributed by atoms with van der Waals surface area (Å²) in [4.78, 5) is 14.7. The van der Waals surface area contributed by atoms with E-state index < -0.39 is 16.0 Å². The summed E-state index contributed by atoms with van der Waals surface area (Å²) in [6, 6.07) is 8.51. The molecule has 0 aliphatic carbocycles. The van der Waals surface area contributed by atoms with Gasteiger partial charge in [0.2, 0.25) is 0 Å². The number of nitrogens with zero attached hydrogens (tertiary/aromatic N) is 1. The number of thiophene rings is 1. The summed E-state index contributed by atoms with van der Waals surface area (Å²) >= 11 is 2.05. The Kier molecular flexibility index (Phi) is 3.40. The number of nitrogens with one attached hydrogen (secondary N) is 1. The number of carboxylic acid groups (broad SMARTS) is 1. The van der Waals surface area contributed by atoms with Crippen LogP contribution in [0.2, 0.25) is 0 Å². The van der Waals surface area contributed by atoms with E-state index in [0.717, 1.165) is 16.0 Å². The van der Waals surface area contributed by atoms with E-state index in [4.69, 9.17) is 5.11 Å². The smallest absolute Gasteiger partial charge is 0.347 e. The topological polar surface area (TPSA) is 96.4 Å². The van der Waals surface area contributed by atoms with Crippen LogP contribution >= 0.6 is 22.7 Å². The second-order valence-corrected chi connectivity index (χ2v) is 7.61. The maximum Gasteiger partial charge on any atom is 0.347 e. The summed E-state index contributed by atoms with van der Waals surface area (Å²) in [5.74, 6) is -1.27. The molecule has 0 bridgehead atoms. The predicted molar refractivity (Wildman–Crippen MR) is 81.7 cm³/mol. The predicted octanol–water partition coefficient (Wildman–Crippen LogP) is 2.86. The largest absolute Gasteiger partial charge is 0.477 e. The summed E-state index contributed by atoms with van der Waals surface area (Å²) in [5, 5.41) is 10.6. The molecular weight excluding hydrogens is 332 g/mol. The first-order valence-corrected chi connectivity index (χ1v) is 8.84. The van der Waals surface area contributed by atoms with Crippen LogP contribution in [0.5, 0.6) is 0 Å². The molecule has 2 N–H and O–H groups in total. The number of para-hydroxylation sites is 1. The van der Waals surface area contributed by atoms with Crippen molar-refractivity contribution in [2.75, 3.05) is 4.72 Å². The van der Waals surface area contributed by atoms with Crippen molar-refractivity contribution >= 4 is 54.0 Å². The van der Waals surface area contributed by atoms with Gasteiger partial charge in [-0.25, -0.2) is 18.2 Å². The molecule has 0 aliphatic rings. The molecule has 3 aromatic rings. The first kappa shape index (κ1) is 14.0. The average Bonchev–Trinajstić information content (AvgIpc) is 3.04. The number of rotatable bonds is 4. The van der Waals surface area contributed by atoms with Crippen LogP contribution < -0.4 is 4.72 Å². The lowest BCUT2D eigenvalue weighted by atomic mass is 10.3. The van der Waals surface area contributed by atoms with Gasteiger partial charge in [-0.1, -0.05) is 23.5 Å². The molecule has 0 atom stereocenters. The fourth-order valence-electron chi connectivity index (χ4n) is 1.75. The van der Waals surface area contributed by atoms with Gasteiger partial charge in [0.1, 0.15) is 9.77 Å². The molecule has 0 saturated carbocycles. The van der Waals surface area contributed by atoms with Crippen LogP contribution in [0.4, 0.5) is 5.13 Å². The van der Waals surface area contributed by atoms with E-state index in [-0.39, 0.29) is 14.9 Å². The van der Waals surface area contributed by atoms with Gasteiger partial charge in [-0.05, 0) is 23.6 Å². The number of benzene rings is 1. The molecule has 1 aromatic carbocycles. The number of anilines is 1. The third kappa shape index (κ3) is 2.62. The number of fused-ring (bicyclic) bond motifs is 1. The van der Waals surface area contributed by atoms with Crippen molar-refractivity contribution in [2.24, 2.45) is 0 Å². The second-order valence-electron chi connectivity index (χ2n) is 4.01. The van der Waals surface area contributed by atoms with Crippen molar-refractivity contribution in [2.45, 2.75) is 4.90 Å². The van der Waals surface area contributed by atoms with Gasteiger partial charge in [-0.15, -0.1) is 11.3 Å². The molecule has 2 aromatic heterocycles. The number of hydrogen-bond donors (Lipinski definition) is 2. The van der Waals surface area contributed by atoms with Crippen molar-refractivity contribution in [3.05, 3.63) is 40.6 Å². The fourth-order valence-corrected chi connectivity index (χ4v) is 5.11. The molecule has 0 unspecified atom stereocenters. The minimum atomic E-state index is -3.97. The summed E-state index contributed by atoms with van der Waals surface area (Å²) in [6.45, 7) is 0. The Labute approximate surface area is 127 Å². The highest BCUT2D eigenvalue weighted by Gasteiger charge is 2.24. The monoisotopic (exact) mass is 340 g/mol. The van der Waals surface area contributed by atoms with Gasteiger partial charge in [0.15, 0.2) is 5.13 Å². The number of aromatic carboxylic acids is 1. The summed E-state index contributed by atoms with van der Waals surface area (Å²) in [6.07, 6.45) is 0. The molecule has 9 heteroatoms. The molecule has 0 amide bonds. The van der Waals surface area contributed by atoms with Crippen LogP contribution in [-0.4, -0.2) is 24.5 Å². The standard InChI is InChI=1S/C12H8N2O4S3/c15-11(16)10-9(5-6-19-10)21(17,18)14-12-13-7-3-1-2-4-8(7)20-12/h1-6H,(H,13,14)(H,15,16). The Morgan fingerprint density at radius 2 is 2.00 bits per heavy atom. The van der Waals surface area contributed by atoms with Crippen molar-refractivity contribution in [3.8, 4) is 0 Å². The number of carboxylic acids is 1. The van der Waals surface area contributed by atoms with Crippen LogP contribution in [0.25, 0.3) is 10.2 Å². The van der Waals surface area contributed by atoms with Crippen molar-refractivity contribution < 1.29 is 18.3 Å². The highest BCUT2D eigenvalue weighted by Crippen LogP contribution is 2.29. The van der Waals surface area contributed by atoms with Gasteiger partial charge in [0.05, 0.1) is 10.2 Å². The Hall–Kier alpha value is -1.97. The molecule has 0 saturated heterocycles. The molecule has 0 radical (unpaired) electrons. The quantitative estimate of drug-likeness (QED) is 0.761. The van der Waals surface area contributed by atoms with Crippen LogP contribution in [-0.2, 0) is 10.0 Å². The molecule has 0 spiro atoms.